The van der Waals surface area contributed by atoms with Crippen molar-refractivity contribution < 1.29 is 4.79 Å². The summed E-state index contributed by atoms with van der Waals surface area (Å²) >= 11 is 0. The molecule has 0 aromatic rings. The Morgan fingerprint density at radius 3 is 2.54 bits per heavy atom. The van der Waals surface area contributed by atoms with Gasteiger partial charge in [-0.25, -0.2) is 0 Å². The molecular weight excluding hydrogens is 160 g/mol. The molecule has 1 aliphatic carbocycles. The van der Waals surface area contributed by atoms with Crippen LogP contribution < -0.4 is 0 Å². The van der Waals surface area contributed by atoms with E-state index in [2.05, 4.69) is 20.4 Å². The Labute approximate surface area is 79.8 Å². The predicted octanol–water partition coefficient (Wildman–Crippen LogP) is 3.04. The first-order valence-electron chi connectivity index (χ1n) is 4.56. The van der Waals surface area contributed by atoms with Crippen molar-refractivity contribution in [3.8, 4) is 0 Å². The fourth-order valence-electron chi connectivity index (χ4n) is 1.84. The molecule has 0 saturated carbocycles. The van der Waals surface area contributed by atoms with E-state index in [1.807, 2.05) is 19.1 Å². The molecule has 13 heavy (non-hydrogen) atoms. The van der Waals surface area contributed by atoms with Crippen LogP contribution in [0.25, 0.3) is 0 Å². The fourth-order valence-corrected chi connectivity index (χ4v) is 1.84. The smallest absolute Gasteiger partial charge is 0.164 e. The van der Waals surface area contributed by atoms with Crippen LogP contribution in [-0.2, 0) is 4.79 Å². The van der Waals surface area contributed by atoms with E-state index in [1.165, 1.54) is 0 Å². The third-order valence-electron chi connectivity index (χ3n) is 2.46. The van der Waals surface area contributed by atoms with Crippen molar-refractivity contribution in [3.05, 3.63) is 36.0 Å². The molecule has 0 heterocycles. The highest BCUT2D eigenvalue weighted by atomic mass is 16.1. The van der Waals surface area contributed by atoms with Crippen molar-refractivity contribution in [2.45, 2.75) is 27.2 Å². The maximum atomic E-state index is 11.6. The topological polar surface area (TPSA) is 17.1 Å². The summed E-state index contributed by atoms with van der Waals surface area (Å²) in [5.74, 6) is 0.234. The second-order valence-electron chi connectivity index (χ2n) is 4.02. The zero-order valence-corrected chi connectivity index (χ0v) is 8.55. The number of hydrogen-bond acceptors (Lipinski definition) is 1. The van der Waals surface area contributed by atoms with Gasteiger partial charge in [-0.3, -0.25) is 4.79 Å². The summed E-state index contributed by atoms with van der Waals surface area (Å²) in [6.45, 7) is 9.85. The van der Waals surface area contributed by atoms with Gasteiger partial charge in [-0.05, 0) is 17.9 Å². The van der Waals surface area contributed by atoms with Crippen LogP contribution in [0, 0.1) is 5.41 Å². The number of carbonyl (C=O) groups excluding carboxylic acids is 1. The van der Waals surface area contributed by atoms with Gasteiger partial charge in [-0.2, -0.15) is 0 Å². The lowest BCUT2D eigenvalue weighted by atomic mass is 9.85. The summed E-state index contributed by atoms with van der Waals surface area (Å²) in [6.07, 6.45) is 6.19. The highest BCUT2D eigenvalue weighted by molar-refractivity contribution is 6.02. The molecule has 0 N–H and O–H groups in total. The zero-order chi connectivity index (χ0) is 10.1. The molecule has 0 spiro atoms. The minimum Gasteiger partial charge on any atom is -0.294 e. The number of carbonyl (C=O) groups is 1. The molecule has 0 amide bonds. The van der Waals surface area contributed by atoms with Crippen LogP contribution in [0.1, 0.15) is 27.2 Å². The van der Waals surface area contributed by atoms with E-state index in [0.29, 0.717) is 6.42 Å². The van der Waals surface area contributed by atoms with Gasteiger partial charge in [0.25, 0.3) is 0 Å². The largest absolute Gasteiger partial charge is 0.294 e. The van der Waals surface area contributed by atoms with Crippen molar-refractivity contribution in [1.82, 2.24) is 0 Å². The van der Waals surface area contributed by atoms with E-state index in [4.69, 9.17) is 0 Å². The molecule has 0 aromatic heterocycles. The van der Waals surface area contributed by atoms with Gasteiger partial charge in [0.2, 0.25) is 0 Å². The van der Waals surface area contributed by atoms with Crippen LogP contribution in [0.3, 0.4) is 0 Å². The molecule has 0 fully saturated rings. The first-order valence-corrected chi connectivity index (χ1v) is 4.56. The van der Waals surface area contributed by atoms with Gasteiger partial charge in [-0.1, -0.05) is 38.7 Å². The van der Waals surface area contributed by atoms with Gasteiger partial charge in [0.05, 0.1) is 0 Å². The number of ketones is 1. The Bertz CT molecular complexity index is 303. The minimum absolute atomic E-state index is 0.0341. The van der Waals surface area contributed by atoms with Crippen molar-refractivity contribution >= 4 is 5.78 Å². The number of rotatable bonds is 2. The maximum absolute atomic E-state index is 11.6. The Morgan fingerprint density at radius 2 is 2.08 bits per heavy atom. The van der Waals surface area contributed by atoms with E-state index >= 15 is 0 Å². The number of allylic oxidation sites excluding steroid dienone is 5. The predicted molar refractivity (Wildman–Crippen MR) is 55.4 cm³/mol. The summed E-state index contributed by atoms with van der Waals surface area (Å²) in [5, 5.41) is 0. The summed E-state index contributed by atoms with van der Waals surface area (Å²) < 4.78 is 0. The monoisotopic (exact) mass is 176 g/mol. The van der Waals surface area contributed by atoms with E-state index in [1.54, 1.807) is 6.08 Å². The Kier molecular flexibility index (Phi) is 2.55. The molecule has 0 aromatic carbocycles. The van der Waals surface area contributed by atoms with Crippen molar-refractivity contribution in [1.29, 1.82) is 0 Å². The maximum Gasteiger partial charge on any atom is 0.164 e. The third kappa shape index (κ3) is 1.64. The van der Waals surface area contributed by atoms with Crippen LogP contribution >= 0.6 is 0 Å². The van der Waals surface area contributed by atoms with Gasteiger partial charge in [0, 0.05) is 12.0 Å². The molecular formula is C12H16O. The van der Waals surface area contributed by atoms with Gasteiger partial charge in [0.15, 0.2) is 5.78 Å². The third-order valence-corrected chi connectivity index (χ3v) is 2.46. The Balaban J connectivity index is 3.23. The average Bonchev–Trinajstić information content (AvgIpc) is 2.22. The van der Waals surface area contributed by atoms with Crippen molar-refractivity contribution in [3.63, 3.8) is 0 Å². The number of hydrogen-bond donors (Lipinski definition) is 0. The lowest BCUT2D eigenvalue weighted by Gasteiger charge is -2.18. The molecule has 1 rings (SSSR count). The lowest BCUT2D eigenvalue weighted by molar-refractivity contribution is -0.115. The molecule has 0 unspecified atom stereocenters. The zero-order valence-electron chi connectivity index (χ0n) is 8.55. The summed E-state index contributed by atoms with van der Waals surface area (Å²) in [6, 6.07) is 0. The highest BCUT2D eigenvalue weighted by Gasteiger charge is 2.35. The second kappa shape index (κ2) is 3.33. The molecule has 1 heteroatoms. The van der Waals surface area contributed by atoms with Crippen molar-refractivity contribution in [2.75, 3.05) is 0 Å². The SMILES string of the molecule is C=CC1=C(/C=C\C)C(=O)CC1(C)C. The van der Waals surface area contributed by atoms with Crippen LogP contribution in [0.5, 0.6) is 0 Å². The summed E-state index contributed by atoms with van der Waals surface area (Å²) in [4.78, 5) is 11.6. The normalized spacial score (nSPS) is 21.6. The fraction of sp³-hybridized carbons (Fsp3) is 0.417. The van der Waals surface area contributed by atoms with E-state index in [0.717, 1.165) is 11.1 Å². The summed E-state index contributed by atoms with van der Waals surface area (Å²) in [5.41, 5.74) is 1.88. The molecule has 0 radical (unpaired) electrons. The summed E-state index contributed by atoms with van der Waals surface area (Å²) in [7, 11) is 0. The van der Waals surface area contributed by atoms with Crippen LogP contribution in [0.4, 0.5) is 0 Å². The Hall–Kier alpha value is -1.11. The van der Waals surface area contributed by atoms with Crippen LogP contribution in [0.2, 0.25) is 0 Å². The van der Waals surface area contributed by atoms with Gasteiger partial charge >= 0.3 is 0 Å². The molecule has 0 saturated heterocycles. The van der Waals surface area contributed by atoms with E-state index in [-0.39, 0.29) is 11.2 Å². The average molecular weight is 176 g/mol. The van der Waals surface area contributed by atoms with E-state index in [9.17, 15) is 4.79 Å². The van der Waals surface area contributed by atoms with Crippen LogP contribution in [0.15, 0.2) is 36.0 Å². The van der Waals surface area contributed by atoms with Gasteiger partial charge < -0.3 is 0 Å². The quantitative estimate of drug-likeness (QED) is 0.632. The van der Waals surface area contributed by atoms with Crippen molar-refractivity contribution in [2.24, 2.45) is 5.41 Å². The van der Waals surface area contributed by atoms with E-state index < -0.39 is 0 Å². The molecule has 0 bridgehead atoms. The number of Topliss-reactive ketones (excluding diaryl/α,β-unsaturated/α-hetero) is 1. The van der Waals surface area contributed by atoms with Crippen LogP contribution in [-0.4, -0.2) is 5.78 Å². The van der Waals surface area contributed by atoms with Gasteiger partial charge in [0.1, 0.15) is 0 Å². The second-order valence-corrected chi connectivity index (χ2v) is 4.02. The minimum atomic E-state index is -0.0341. The Morgan fingerprint density at radius 1 is 1.46 bits per heavy atom. The molecule has 1 nitrogen and oxygen atoms in total. The lowest BCUT2D eigenvalue weighted by Crippen LogP contribution is -2.09. The first kappa shape index (κ1) is 9.97. The molecule has 0 aliphatic heterocycles. The van der Waals surface area contributed by atoms with Gasteiger partial charge in [-0.15, -0.1) is 0 Å². The standard InChI is InChI=1S/C12H16O/c1-5-7-9-10(6-2)12(3,4)8-11(9)13/h5-7H,2,8H2,1,3-4H3/b7-5-. The molecule has 0 atom stereocenters. The molecule has 70 valence electrons. The first-order chi connectivity index (χ1) is 6.03. The molecule has 1 aliphatic rings. The highest BCUT2D eigenvalue weighted by Crippen LogP contribution is 2.41.